The van der Waals surface area contributed by atoms with Crippen molar-refractivity contribution in [2.45, 2.75) is 0 Å². The molecule has 9 aromatic carbocycles. The van der Waals surface area contributed by atoms with Gasteiger partial charge in [-0.25, -0.2) is 15.0 Å². The van der Waals surface area contributed by atoms with E-state index in [1.54, 1.807) is 0 Å². The van der Waals surface area contributed by atoms with Crippen molar-refractivity contribution in [3.8, 4) is 51.0 Å². The Morgan fingerprint density at radius 3 is 1.41 bits per heavy atom. The number of aromatic nitrogens is 4. The van der Waals surface area contributed by atoms with Gasteiger partial charge in [0.2, 0.25) is 0 Å². The van der Waals surface area contributed by atoms with E-state index in [0.29, 0.717) is 17.5 Å². The molecule has 0 amide bonds. The Hall–Kier alpha value is -7.47. The lowest BCUT2D eigenvalue weighted by Crippen LogP contribution is -2.02. The van der Waals surface area contributed by atoms with Crippen LogP contribution in [0.1, 0.15) is 0 Å². The van der Waals surface area contributed by atoms with E-state index in [0.717, 1.165) is 33.5 Å². The first-order valence-electron chi connectivity index (χ1n) is 19.5. The van der Waals surface area contributed by atoms with Gasteiger partial charge in [0.25, 0.3) is 0 Å². The minimum absolute atomic E-state index is 0.627. The molecule has 0 aliphatic heterocycles. The molecule has 0 aliphatic carbocycles. The third kappa shape index (κ3) is 5.32. The van der Waals surface area contributed by atoms with Gasteiger partial charge in [-0.2, -0.15) is 0 Å². The average molecular weight is 757 g/mol. The van der Waals surface area contributed by atoms with E-state index in [1.165, 1.54) is 63.5 Å². The zero-order valence-corrected chi connectivity index (χ0v) is 32.0. The van der Waals surface area contributed by atoms with Gasteiger partial charge in [0, 0.05) is 53.2 Å². The van der Waals surface area contributed by atoms with Crippen LogP contribution in [0.5, 0.6) is 0 Å². The molecule has 0 bridgehead atoms. The van der Waals surface area contributed by atoms with Gasteiger partial charge in [-0.15, -0.1) is 11.3 Å². The maximum Gasteiger partial charge on any atom is 0.164 e. The molecular formula is C53H32N4S. The van der Waals surface area contributed by atoms with Crippen molar-refractivity contribution in [2.24, 2.45) is 0 Å². The third-order valence-corrected chi connectivity index (χ3v) is 12.5. The van der Waals surface area contributed by atoms with Gasteiger partial charge >= 0.3 is 0 Å². The van der Waals surface area contributed by atoms with E-state index in [-0.39, 0.29) is 0 Å². The highest BCUT2D eigenvalue weighted by atomic mass is 32.1. The van der Waals surface area contributed by atoms with Crippen LogP contribution in [-0.4, -0.2) is 19.5 Å². The van der Waals surface area contributed by atoms with E-state index in [9.17, 15) is 0 Å². The summed E-state index contributed by atoms with van der Waals surface area (Å²) in [5, 5.41) is 9.89. The molecule has 58 heavy (non-hydrogen) atoms. The fourth-order valence-corrected chi connectivity index (χ4v) is 9.73. The highest BCUT2D eigenvalue weighted by Crippen LogP contribution is 2.43. The van der Waals surface area contributed by atoms with E-state index in [4.69, 9.17) is 15.0 Å². The molecule has 0 atom stereocenters. The van der Waals surface area contributed by atoms with Crippen molar-refractivity contribution < 1.29 is 0 Å². The Labute approximate surface area is 338 Å². The summed E-state index contributed by atoms with van der Waals surface area (Å²) in [7, 11) is 0. The van der Waals surface area contributed by atoms with Crippen molar-refractivity contribution in [2.75, 3.05) is 0 Å². The van der Waals surface area contributed by atoms with E-state index < -0.39 is 0 Å². The first-order valence-corrected chi connectivity index (χ1v) is 20.3. The van der Waals surface area contributed by atoms with Gasteiger partial charge in [-0.05, 0) is 81.7 Å². The van der Waals surface area contributed by atoms with Gasteiger partial charge in [-0.1, -0.05) is 140 Å². The van der Waals surface area contributed by atoms with E-state index in [1.807, 2.05) is 47.7 Å². The quantitative estimate of drug-likeness (QED) is 0.176. The smallest absolute Gasteiger partial charge is 0.164 e. The lowest BCUT2D eigenvalue weighted by molar-refractivity contribution is 1.07. The molecule has 0 N–H and O–H groups in total. The van der Waals surface area contributed by atoms with E-state index >= 15 is 0 Å². The standard InChI is InChI=1S/C53H32N4S/c1-3-13-33(14-4-1)51-54-52(34-15-5-2-6-16-34)56-53(55-51)40-24-26-46(43(29-40)39-23-25-42-41-21-11-12-22-49(41)58-50(42)32-39)57-47-30-37-19-9-7-17-35(37)27-44(47)45-28-36-18-8-10-20-38(36)31-48(45)57/h1-32H. The van der Waals surface area contributed by atoms with Crippen LogP contribution < -0.4 is 0 Å². The molecule has 4 nitrogen and oxygen atoms in total. The molecule has 0 aliphatic rings. The van der Waals surface area contributed by atoms with Crippen molar-refractivity contribution in [3.05, 3.63) is 194 Å². The summed E-state index contributed by atoms with van der Waals surface area (Å²) in [6.45, 7) is 0. The summed E-state index contributed by atoms with van der Waals surface area (Å²) in [5.74, 6) is 1.91. The maximum atomic E-state index is 5.15. The lowest BCUT2D eigenvalue weighted by Gasteiger charge is -2.17. The zero-order chi connectivity index (χ0) is 38.2. The Balaban J connectivity index is 1.16. The second-order valence-corrected chi connectivity index (χ2v) is 15.9. The maximum absolute atomic E-state index is 5.15. The van der Waals surface area contributed by atoms with Gasteiger partial charge in [0.05, 0.1) is 16.7 Å². The van der Waals surface area contributed by atoms with E-state index in [2.05, 4.69) is 162 Å². The highest BCUT2D eigenvalue weighted by molar-refractivity contribution is 7.25. The molecule has 0 spiro atoms. The lowest BCUT2D eigenvalue weighted by atomic mass is 9.98. The summed E-state index contributed by atoms with van der Waals surface area (Å²) in [4.78, 5) is 15.3. The average Bonchev–Trinajstić information content (AvgIpc) is 3.81. The molecule has 0 fully saturated rings. The van der Waals surface area contributed by atoms with Gasteiger partial charge in [0.15, 0.2) is 17.5 Å². The Bertz CT molecular complexity index is 3420. The van der Waals surface area contributed by atoms with Crippen molar-refractivity contribution in [1.82, 2.24) is 19.5 Å². The fourth-order valence-electron chi connectivity index (χ4n) is 8.58. The molecule has 270 valence electrons. The SMILES string of the molecule is c1ccc(-c2nc(-c3ccccc3)nc(-c3ccc(-n4c5cc6ccccc6cc5c5cc6ccccc6cc54)c(-c4ccc5c(c4)sc4ccccc45)c3)n2)cc1. The minimum atomic E-state index is 0.627. The normalized spacial score (nSPS) is 11.8. The summed E-state index contributed by atoms with van der Waals surface area (Å²) in [6.07, 6.45) is 0. The number of hydrogen-bond donors (Lipinski definition) is 0. The first kappa shape index (κ1) is 32.7. The van der Waals surface area contributed by atoms with Crippen LogP contribution >= 0.6 is 11.3 Å². The fraction of sp³-hybridized carbons (Fsp3) is 0. The summed E-state index contributed by atoms with van der Waals surface area (Å²) in [6, 6.07) is 69.4. The van der Waals surface area contributed by atoms with Gasteiger partial charge in [-0.3, -0.25) is 0 Å². The zero-order valence-electron chi connectivity index (χ0n) is 31.2. The first-order chi connectivity index (χ1) is 28.7. The predicted octanol–water partition coefficient (Wildman–Crippen LogP) is 14.3. The number of nitrogens with zero attached hydrogens (tertiary/aromatic N) is 4. The molecule has 12 aromatic rings. The monoisotopic (exact) mass is 756 g/mol. The van der Waals surface area contributed by atoms with Crippen LogP contribution in [0.4, 0.5) is 0 Å². The van der Waals surface area contributed by atoms with Crippen molar-refractivity contribution in [3.63, 3.8) is 0 Å². The van der Waals surface area contributed by atoms with Crippen LogP contribution in [0.25, 0.3) is 115 Å². The molecule has 5 heteroatoms. The highest BCUT2D eigenvalue weighted by Gasteiger charge is 2.20. The molecular weight excluding hydrogens is 725 g/mol. The molecule has 0 saturated heterocycles. The Morgan fingerprint density at radius 1 is 0.328 bits per heavy atom. The van der Waals surface area contributed by atoms with Crippen LogP contribution in [0, 0.1) is 0 Å². The Morgan fingerprint density at radius 2 is 0.810 bits per heavy atom. The second kappa shape index (κ2) is 13.1. The Kier molecular flexibility index (Phi) is 7.37. The minimum Gasteiger partial charge on any atom is -0.309 e. The van der Waals surface area contributed by atoms with Crippen LogP contribution in [0.3, 0.4) is 0 Å². The summed E-state index contributed by atoms with van der Waals surface area (Å²) in [5.41, 5.74) is 8.46. The molecule has 0 saturated carbocycles. The molecule has 3 heterocycles. The largest absolute Gasteiger partial charge is 0.309 e. The summed E-state index contributed by atoms with van der Waals surface area (Å²) < 4.78 is 5.01. The van der Waals surface area contributed by atoms with Gasteiger partial charge in [0.1, 0.15) is 0 Å². The van der Waals surface area contributed by atoms with Crippen LogP contribution in [0.2, 0.25) is 0 Å². The molecule has 12 rings (SSSR count). The second-order valence-electron chi connectivity index (χ2n) is 14.8. The predicted molar refractivity (Wildman–Crippen MR) is 244 cm³/mol. The van der Waals surface area contributed by atoms with Gasteiger partial charge < -0.3 is 4.57 Å². The molecule has 0 radical (unpaired) electrons. The van der Waals surface area contributed by atoms with Crippen LogP contribution in [-0.2, 0) is 0 Å². The number of fused-ring (bicyclic) bond motifs is 8. The van der Waals surface area contributed by atoms with Crippen LogP contribution in [0.15, 0.2) is 194 Å². The number of rotatable bonds is 5. The summed E-state index contributed by atoms with van der Waals surface area (Å²) >= 11 is 1.84. The number of hydrogen-bond acceptors (Lipinski definition) is 4. The molecule has 3 aromatic heterocycles. The topological polar surface area (TPSA) is 43.6 Å². The number of thiophene rings is 1. The molecule has 0 unspecified atom stereocenters. The number of benzene rings is 9. The van der Waals surface area contributed by atoms with Crippen molar-refractivity contribution >= 4 is 74.9 Å². The third-order valence-electron chi connectivity index (χ3n) is 11.4. The van der Waals surface area contributed by atoms with Crippen molar-refractivity contribution in [1.29, 1.82) is 0 Å².